The summed E-state index contributed by atoms with van der Waals surface area (Å²) >= 11 is 3.25. The lowest BCUT2D eigenvalue weighted by Crippen LogP contribution is -2.23. The van der Waals surface area contributed by atoms with Crippen LogP contribution in [0.2, 0.25) is 0 Å². The van der Waals surface area contributed by atoms with E-state index in [-0.39, 0.29) is 19.6 Å². The van der Waals surface area contributed by atoms with Crippen LogP contribution in [-0.2, 0) is 28.7 Å². The summed E-state index contributed by atoms with van der Waals surface area (Å²) < 4.78 is 15.3. The molecule has 0 amide bonds. The SMILES string of the molecule is CCOC(=O)C=CC(=O)OCCC(C=O)C(=O)Oc1ccc(Br)cc1. The van der Waals surface area contributed by atoms with E-state index in [1.54, 1.807) is 31.2 Å². The maximum atomic E-state index is 11.9. The van der Waals surface area contributed by atoms with E-state index < -0.39 is 23.8 Å². The number of hydrogen-bond donors (Lipinski definition) is 0. The summed E-state index contributed by atoms with van der Waals surface area (Å²) in [6, 6.07) is 6.53. The van der Waals surface area contributed by atoms with Crippen LogP contribution in [0.5, 0.6) is 5.75 Å². The topological polar surface area (TPSA) is 96.0 Å². The summed E-state index contributed by atoms with van der Waals surface area (Å²) in [5.74, 6) is -2.95. The van der Waals surface area contributed by atoms with Gasteiger partial charge in [0.15, 0.2) is 0 Å². The molecule has 0 aromatic heterocycles. The van der Waals surface area contributed by atoms with Crippen LogP contribution in [0.1, 0.15) is 13.3 Å². The lowest BCUT2D eigenvalue weighted by atomic mass is 10.1. The molecule has 0 aliphatic carbocycles. The van der Waals surface area contributed by atoms with E-state index in [0.29, 0.717) is 12.0 Å². The quantitative estimate of drug-likeness (QED) is 0.201. The number of halogens is 1. The van der Waals surface area contributed by atoms with Crippen LogP contribution in [0, 0.1) is 5.92 Å². The monoisotopic (exact) mass is 412 g/mol. The highest BCUT2D eigenvalue weighted by Gasteiger charge is 2.20. The summed E-state index contributed by atoms with van der Waals surface area (Å²) in [7, 11) is 0. The fraction of sp³-hybridized carbons (Fsp3) is 0.294. The second-order valence-electron chi connectivity index (χ2n) is 4.66. The Balaban J connectivity index is 2.41. The van der Waals surface area contributed by atoms with E-state index in [2.05, 4.69) is 20.7 Å². The summed E-state index contributed by atoms with van der Waals surface area (Å²) in [5.41, 5.74) is 0. The van der Waals surface area contributed by atoms with Crippen LogP contribution in [0.4, 0.5) is 0 Å². The van der Waals surface area contributed by atoms with Crippen molar-refractivity contribution >= 4 is 40.1 Å². The first-order chi connectivity index (χ1) is 12.0. The number of ether oxygens (including phenoxy) is 3. The molecule has 0 N–H and O–H groups in total. The third-order valence-electron chi connectivity index (χ3n) is 2.81. The summed E-state index contributed by atoms with van der Waals surface area (Å²) in [6.45, 7) is 1.65. The molecule has 1 atom stereocenters. The molecular formula is C17H17BrO7. The second kappa shape index (κ2) is 11.1. The van der Waals surface area contributed by atoms with Crippen LogP contribution in [0.25, 0.3) is 0 Å². The molecule has 0 bridgehead atoms. The summed E-state index contributed by atoms with van der Waals surface area (Å²) in [6.07, 6.45) is 2.25. The molecule has 1 aromatic rings. The maximum absolute atomic E-state index is 11.9. The van der Waals surface area contributed by atoms with Gasteiger partial charge in [0.25, 0.3) is 0 Å². The molecule has 0 fully saturated rings. The Labute approximate surface area is 153 Å². The Bertz CT molecular complexity index is 637. The van der Waals surface area contributed by atoms with Crippen molar-refractivity contribution in [2.75, 3.05) is 13.2 Å². The van der Waals surface area contributed by atoms with Gasteiger partial charge in [0.05, 0.1) is 13.2 Å². The van der Waals surface area contributed by atoms with Gasteiger partial charge < -0.3 is 19.0 Å². The van der Waals surface area contributed by atoms with Gasteiger partial charge in [-0.15, -0.1) is 0 Å². The van der Waals surface area contributed by atoms with E-state index in [9.17, 15) is 19.2 Å². The van der Waals surface area contributed by atoms with Gasteiger partial charge >= 0.3 is 17.9 Å². The standard InChI is InChI=1S/C17H17BrO7/c1-2-23-15(20)7-8-16(21)24-10-9-12(11-19)17(22)25-14-5-3-13(18)4-6-14/h3-8,11-12H,2,9-10H2,1H3. The molecule has 134 valence electrons. The van der Waals surface area contributed by atoms with E-state index in [1.165, 1.54) is 0 Å². The predicted octanol–water partition coefficient (Wildman–Crippen LogP) is 2.22. The Hall–Kier alpha value is -2.48. The minimum absolute atomic E-state index is 0.0299. The fourth-order valence-corrected chi connectivity index (χ4v) is 1.86. The number of carbonyl (C=O) groups excluding carboxylic acids is 4. The lowest BCUT2D eigenvalue weighted by molar-refractivity contribution is -0.145. The van der Waals surface area contributed by atoms with Gasteiger partial charge in [-0.25, -0.2) is 9.59 Å². The first-order valence-electron chi connectivity index (χ1n) is 7.40. The van der Waals surface area contributed by atoms with Gasteiger partial charge in [-0.1, -0.05) is 15.9 Å². The zero-order valence-corrected chi connectivity index (χ0v) is 15.1. The van der Waals surface area contributed by atoms with E-state index in [1.807, 2.05) is 0 Å². The van der Waals surface area contributed by atoms with Crippen LogP contribution >= 0.6 is 15.9 Å². The molecule has 25 heavy (non-hydrogen) atoms. The highest BCUT2D eigenvalue weighted by atomic mass is 79.9. The van der Waals surface area contributed by atoms with Gasteiger partial charge in [-0.3, -0.25) is 4.79 Å². The zero-order valence-electron chi connectivity index (χ0n) is 13.5. The molecule has 0 saturated heterocycles. The first-order valence-corrected chi connectivity index (χ1v) is 8.19. The van der Waals surface area contributed by atoms with Gasteiger partial charge in [0.2, 0.25) is 0 Å². The normalized spacial score (nSPS) is 11.6. The number of rotatable bonds is 9. The van der Waals surface area contributed by atoms with E-state index >= 15 is 0 Å². The highest BCUT2D eigenvalue weighted by Crippen LogP contribution is 2.17. The van der Waals surface area contributed by atoms with Crippen molar-refractivity contribution in [1.82, 2.24) is 0 Å². The van der Waals surface area contributed by atoms with Crippen LogP contribution < -0.4 is 4.74 Å². The van der Waals surface area contributed by atoms with Gasteiger partial charge in [-0.05, 0) is 31.2 Å². The lowest BCUT2D eigenvalue weighted by Gasteiger charge is -2.10. The minimum Gasteiger partial charge on any atom is -0.463 e. The van der Waals surface area contributed by atoms with Crippen molar-refractivity contribution in [3.05, 3.63) is 40.9 Å². The molecule has 1 aromatic carbocycles. The van der Waals surface area contributed by atoms with E-state index in [4.69, 9.17) is 9.47 Å². The fourth-order valence-electron chi connectivity index (χ4n) is 1.60. The Kier molecular flexibility index (Phi) is 9.16. The van der Waals surface area contributed by atoms with Gasteiger partial charge in [-0.2, -0.15) is 0 Å². The van der Waals surface area contributed by atoms with Crippen molar-refractivity contribution in [3.63, 3.8) is 0 Å². The maximum Gasteiger partial charge on any atom is 0.331 e. The van der Waals surface area contributed by atoms with Crippen LogP contribution in [0.15, 0.2) is 40.9 Å². The Morgan fingerprint density at radius 1 is 1.08 bits per heavy atom. The largest absolute Gasteiger partial charge is 0.463 e. The summed E-state index contributed by atoms with van der Waals surface area (Å²) in [5, 5.41) is 0. The molecule has 0 aliphatic rings. The van der Waals surface area contributed by atoms with Gasteiger partial charge in [0, 0.05) is 23.0 Å². The number of hydrogen-bond acceptors (Lipinski definition) is 7. The average Bonchev–Trinajstić information content (AvgIpc) is 2.59. The molecule has 7 nitrogen and oxygen atoms in total. The number of benzene rings is 1. The highest BCUT2D eigenvalue weighted by molar-refractivity contribution is 9.10. The number of carbonyl (C=O) groups is 4. The molecule has 0 spiro atoms. The van der Waals surface area contributed by atoms with Crippen molar-refractivity contribution < 1.29 is 33.4 Å². The molecule has 0 saturated carbocycles. The van der Waals surface area contributed by atoms with Gasteiger partial charge in [0.1, 0.15) is 18.0 Å². The minimum atomic E-state index is -1.06. The van der Waals surface area contributed by atoms with Crippen molar-refractivity contribution in [2.45, 2.75) is 13.3 Å². The second-order valence-corrected chi connectivity index (χ2v) is 5.57. The molecule has 0 radical (unpaired) electrons. The molecular weight excluding hydrogens is 396 g/mol. The molecule has 0 aliphatic heterocycles. The van der Waals surface area contributed by atoms with Crippen molar-refractivity contribution in [3.8, 4) is 5.75 Å². The Morgan fingerprint density at radius 2 is 1.68 bits per heavy atom. The smallest absolute Gasteiger partial charge is 0.331 e. The van der Waals surface area contributed by atoms with Crippen molar-refractivity contribution in [1.29, 1.82) is 0 Å². The molecule has 1 unspecified atom stereocenters. The van der Waals surface area contributed by atoms with Crippen molar-refractivity contribution in [2.24, 2.45) is 5.92 Å². The molecule has 8 heteroatoms. The Morgan fingerprint density at radius 3 is 2.24 bits per heavy atom. The number of aldehydes is 1. The van der Waals surface area contributed by atoms with Crippen LogP contribution in [-0.4, -0.2) is 37.4 Å². The third-order valence-corrected chi connectivity index (χ3v) is 3.34. The zero-order chi connectivity index (χ0) is 18.7. The molecule has 1 rings (SSSR count). The number of esters is 3. The third kappa shape index (κ3) is 8.25. The van der Waals surface area contributed by atoms with Crippen LogP contribution in [0.3, 0.4) is 0 Å². The predicted molar refractivity (Wildman–Crippen MR) is 90.7 cm³/mol. The average molecular weight is 413 g/mol. The first kappa shape index (κ1) is 20.6. The molecule has 0 heterocycles. The summed E-state index contributed by atoms with van der Waals surface area (Å²) in [4.78, 5) is 45.4. The van der Waals surface area contributed by atoms with E-state index in [0.717, 1.165) is 16.6 Å².